The number of hydrogen-bond acceptors (Lipinski definition) is 6. The maximum atomic E-state index is 12.9. The van der Waals surface area contributed by atoms with Gasteiger partial charge in [-0.25, -0.2) is 4.98 Å². The number of benzene rings is 2. The third-order valence-electron chi connectivity index (χ3n) is 7.15. The fourth-order valence-electron chi connectivity index (χ4n) is 5.27. The molecule has 6 nitrogen and oxygen atoms in total. The van der Waals surface area contributed by atoms with Crippen molar-refractivity contribution in [2.45, 2.75) is 44.6 Å². The Balaban J connectivity index is 1.33. The van der Waals surface area contributed by atoms with Crippen LogP contribution in [0.4, 0.5) is 23.1 Å². The van der Waals surface area contributed by atoms with Gasteiger partial charge in [0.15, 0.2) is 5.82 Å². The molecule has 1 aliphatic heterocycles. The Morgan fingerprint density at radius 2 is 1.78 bits per heavy atom. The summed E-state index contributed by atoms with van der Waals surface area (Å²) in [6, 6.07) is 13.0. The van der Waals surface area contributed by atoms with Crippen LogP contribution in [-0.4, -0.2) is 47.3 Å². The van der Waals surface area contributed by atoms with E-state index >= 15 is 0 Å². The Morgan fingerprint density at radius 3 is 2.53 bits per heavy atom. The van der Waals surface area contributed by atoms with E-state index in [9.17, 15) is 4.57 Å². The van der Waals surface area contributed by atoms with Crippen LogP contribution in [0.1, 0.15) is 36.8 Å². The highest BCUT2D eigenvalue weighted by molar-refractivity contribution is 9.10. The molecule has 2 aromatic carbocycles. The van der Waals surface area contributed by atoms with Gasteiger partial charge in [-0.15, -0.1) is 0 Å². The number of rotatable bonds is 6. The van der Waals surface area contributed by atoms with Crippen LogP contribution in [0.5, 0.6) is 0 Å². The van der Waals surface area contributed by atoms with Crippen molar-refractivity contribution in [2.24, 2.45) is 0 Å². The van der Waals surface area contributed by atoms with Crippen LogP contribution in [0.25, 0.3) is 0 Å². The molecule has 1 unspecified atom stereocenters. The maximum absolute atomic E-state index is 12.9. The first-order valence-corrected chi connectivity index (χ1v) is 16.3. The molecule has 36 heavy (non-hydrogen) atoms. The number of likely N-dealkylation sites (tertiary alicyclic amines) is 1. The SMILES string of the molecule is CP(C)(=O)c1cc(Br)ccc1Nc1nc(Nc2ccc3c(c2)CCC(N2CCCC2)CC3)ncc1Cl. The van der Waals surface area contributed by atoms with Crippen LogP contribution < -0.4 is 15.9 Å². The molecule has 0 saturated carbocycles. The predicted molar refractivity (Wildman–Crippen MR) is 155 cm³/mol. The van der Waals surface area contributed by atoms with Gasteiger partial charge in [0.25, 0.3) is 0 Å². The molecule has 2 aliphatic rings. The minimum Gasteiger partial charge on any atom is -0.338 e. The zero-order chi connectivity index (χ0) is 25.3. The van der Waals surface area contributed by atoms with Gasteiger partial charge in [0.2, 0.25) is 5.95 Å². The Hall–Kier alpha value is -1.92. The highest BCUT2D eigenvalue weighted by Crippen LogP contribution is 2.40. The lowest BCUT2D eigenvalue weighted by molar-refractivity contribution is 0.222. The first-order valence-electron chi connectivity index (χ1n) is 12.5. The molecule has 3 aromatic rings. The standard InChI is InChI=1S/C27H32BrClN5OP/c1-36(2,35)25-16-20(28)8-12-24(25)32-26-23(29)17-30-27(33-26)31-21-9-5-18-6-10-22(11-7-19(18)15-21)34-13-3-4-14-34/h5,8-9,12,15-17,22H,3-4,6-7,10-11,13-14H2,1-2H3,(H2,30,31,32,33). The third-order valence-corrected chi connectivity index (χ3v) is 9.45. The molecule has 0 bridgehead atoms. The molecule has 1 atom stereocenters. The first-order chi connectivity index (χ1) is 17.3. The fourth-order valence-corrected chi connectivity index (χ4v) is 7.11. The molecule has 1 aliphatic carbocycles. The van der Waals surface area contributed by atoms with E-state index in [1.54, 1.807) is 19.5 Å². The van der Waals surface area contributed by atoms with E-state index in [2.05, 4.69) is 59.6 Å². The molecule has 2 N–H and O–H groups in total. The zero-order valence-corrected chi connectivity index (χ0v) is 24.0. The quantitative estimate of drug-likeness (QED) is 0.239. The highest BCUT2D eigenvalue weighted by Gasteiger charge is 2.24. The number of anilines is 4. The van der Waals surface area contributed by atoms with Crippen molar-refractivity contribution in [1.82, 2.24) is 14.9 Å². The minimum atomic E-state index is -2.53. The smallest absolute Gasteiger partial charge is 0.229 e. The van der Waals surface area contributed by atoms with Crippen molar-refractivity contribution in [3.05, 3.63) is 63.2 Å². The molecule has 2 heterocycles. The molecule has 1 saturated heterocycles. The van der Waals surface area contributed by atoms with Gasteiger partial charge in [0, 0.05) is 21.5 Å². The highest BCUT2D eigenvalue weighted by atomic mass is 79.9. The molecular weight excluding hydrogens is 557 g/mol. The van der Waals surface area contributed by atoms with Gasteiger partial charge in [0.05, 0.1) is 11.9 Å². The average molecular weight is 589 g/mol. The van der Waals surface area contributed by atoms with Crippen LogP contribution in [-0.2, 0) is 17.4 Å². The molecule has 1 aromatic heterocycles. The summed E-state index contributed by atoms with van der Waals surface area (Å²) in [6.07, 6.45) is 8.96. The van der Waals surface area contributed by atoms with Gasteiger partial charge in [-0.05, 0) is 106 Å². The Morgan fingerprint density at radius 1 is 1.03 bits per heavy atom. The van der Waals surface area contributed by atoms with Crippen molar-refractivity contribution in [3.8, 4) is 0 Å². The maximum Gasteiger partial charge on any atom is 0.229 e. The van der Waals surface area contributed by atoms with Gasteiger partial charge in [-0.3, -0.25) is 0 Å². The lowest BCUT2D eigenvalue weighted by atomic mass is 10.0. The van der Waals surface area contributed by atoms with Gasteiger partial charge in [0.1, 0.15) is 12.2 Å². The van der Waals surface area contributed by atoms with Gasteiger partial charge in [-0.2, -0.15) is 4.98 Å². The summed E-state index contributed by atoms with van der Waals surface area (Å²) in [6.45, 7) is 6.02. The van der Waals surface area contributed by atoms with E-state index in [0.717, 1.165) is 34.0 Å². The molecule has 0 amide bonds. The number of nitrogens with one attached hydrogen (secondary N) is 2. The largest absolute Gasteiger partial charge is 0.338 e. The second-order valence-corrected chi connectivity index (χ2v) is 14.6. The van der Waals surface area contributed by atoms with Crippen molar-refractivity contribution in [1.29, 1.82) is 0 Å². The number of fused-ring (bicyclic) bond motifs is 1. The normalized spacial score (nSPS) is 18.5. The second-order valence-electron chi connectivity index (χ2n) is 10.1. The number of hydrogen-bond donors (Lipinski definition) is 2. The van der Waals surface area contributed by atoms with E-state index in [-0.39, 0.29) is 0 Å². The number of aryl methyl sites for hydroxylation is 2. The summed E-state index contributed by atoms with van der Waals surface area (Å²) >= 11 is 9.91. The van der Waals surface area contributed by atoms with E-state index in [0.29, 0.717) is 22.8 Å². The molecule has 0 radical (unpaired) electrons. The first kappa shape index (κ1) is 25.7. The molecule has 1 fully saturated rings. The summed E-state index contributed by atoms with van der Waals surface area (Å²) in [5.74, 6) is 0.926. The van der Waals surface area contributed by atoms with Crippen molar-refractivity contribution < 1.29 is 4.57 Å². The monoisotopic (exact) mass is 587 g/mol. The van der Waals surface area contributed by atoms with Crippen LogP contribution in [0.15, 0.2) is 47.1 Å². The van der Waals surface area contributed by atoms with E-state index in [1.165, 1.54) is 49.9 Å². The van der Waals surface area contributed by atoms with Gasteiger partial charge >= 0.3 is 0 Å². The molecule has 0 spiro atoms. The molecule has 5 rings (SSSR count). The average Bonchev–Trinajstić information content (AvgIpc) is 3.29. The van der Waals surface area contributed by atoms with Crippen molar-refractivity contribution in [2.75, 3.05) is 37.1 Å². The number of halogens is 2. The second kappa shape index (κ2) is 10.8. The van der Waals surface area contributed by atoms with Crippen molar-refractivity contribution in [3.63, 3.8) is 0 Å². The summed E-state index contributed by atoms with van der Waals surface area (Å²) in [5.41, 5.74) is 4.55. The van der Waals surface area contributed by atoms with Gasteiger partial charge < -0.3 is 20.1 Å². The zero-order valence-electron chi connectivity index (χ0n) is 20.7. The lowest BCUT2D eigenvalue weighted by Crippen LogP contribution is -2.32. The Kier molecular flexibility index (Phi) is 7.73. The third kappa shape index (κ3) is 5.96. The Bertz CT molecular complexity index is 1310. The van der Waals surface area contributed by atoms with Crippen LogP contribution in [0.2, 0.25) is 5.02 Å². The topological polar surface area (TPSA) is 70.2 Å². The fraction of sp³-hybridized carbons (Fsp3) is 0.407. The lowest BCUT2D eigenvalue weighted by Gasteiger charge is -2.25. The Labute approximate surface area is 226 Å². The van der Waals surface area contributed by atoms with Crippen LogP contribution in [0, 0.1) is 0 Å². The summed E-state index contributed by atoms with van der Waals surface area (Å²) in [7, 11) is -2.53. The number of aromatic nitrogens is 2. The van der Waals surface area contributed by atoms with Crippen LogP contribution >= 0.6 is 34.7 Å². The minimum absolute atomic E-state index is 0.395. The summed E-state index contributed by atoms with van der Waals surface area (Å²) in [5, 5.41) is 7.75. The summed E-state index contributed by atoms with van der Waals surface area (Å²) in [4.78, 5) is 11.7. The predicted octanol–water partition coefficient (Wildman–Crippen LogP) is 6.97. The van der Waals surface area contributed by atoms with Crippen LogP contribution in [0.3, 0.4) is 0 Å². The summed E-state index contributed by atoms with van der Waals surface area (Å²) < 4.78 is 13.7. The van der Waals surface area contributed by atoms with E-state index in [4.69, 9.17) is 11.6 Å². The van der Waals surface area contributed by atoms with Crippen molar-refractivity contribution >= 4 is 63.1 Å². The molecule has 9 heteroatoms. The van der Waals surface area contributed by atoms with E-state index in [1.807, 2.05) is 18.2 Å². The molecular formula is C27H32BrClN5OP. The molecule has 190 valence electrons. The van der Waals surface area contributed by atoms with E-state index < -0.39 is 7.14 Å². The van der Waals surface area contributed by atoms with Gasteiger partial charge in [-0.1, -0.05) is 33.6 Å². The number of nitrogens with zero attached hydrogens (tertiary/aromatic N) is 3.